The molecule has 0 unspecified atom stereocenters. The molecule has 0 saturated carbocycles. The van der Waals surface area contributed by atoms with Gasteiger partial charge in [-0.3, -0.25) is 19.0 Å². The van der Waals surface area contributed by atoms with E-state index in [1.165, 1.54) is 34.7 Å². The molecule has 0 aliphatic heterocycles. The summed E-state index contributed by atoms with van der Waals surface area (Å²) in [5, 5.41) is 6.02. The van der Waals surface area contributed by atoms with Crippen molar-refractivity contribution in [3.8, 4) is 11.1 Å². The number of hydrogen-bond donors (Lipinski definition) is 1. The third kappa shape index (κ3) is 5.89. The van der Waals surface area contributed by atoms with Crippen molar-refractivity contribution >= 4 is 45.4 Å². The van der Waals surface area contributed by atoms with Crippen LogP contribution in [0.3, 0.4) is 0 Å². The summed E-state index contributed by atoms with van der Waals surface area (Å²) in [4.78, 5) is 42.7. The van der Waals surface area contributed by atoms with Crippen molar-refractivity contribution in [3.05, 3.63) is 80.8 Å². The van der Waals surface area contributed by atoms with E-state index in [1.54, 1.807) is 17.6 Å². The molecule has 1 aromatic carbocycles. The van der Waals surface area contributed by atoms with Crippen LogP contribution in [0.5, 0.6) is 0 Å². The number of aromatic nitrogens is 2. The number of ketones is 1. The summed E-state index contributed by atoms with van der Waals surface area (Å²) in [5.41, 5.74) is 5.87. The molecule has 8 heteroatoms. The van der Waals surface area contributed by atoms with Gasteiger partial charge in [0.05, 0.1) is 16.8 Å². The Labute approximate surface area is 213 Å². The van der Waals surface area contributed by atoms with Gasteiger partial charge < -0.3 is 5.32 Å². The molecule has 2 heterocycles. The van der Waals surface area contributed by atoms with E-state index in [-0.39, 0.29) is 23.6 Å². The van der Waals surface area contributed by atoms with E-state index in [2.05, 4.69) is 37.9 Å². The van der Waals surface area contributed by atoms with Crippen molar-refractivity contribution in [1.82, 2.24) is 14.9 Å². The van der Waals surface area contributed by atoms with Gasteiger partial charge in [0, 0.05) is 23.2 Å². The van der Waals surface area contributed by atoms with Gasteiger partial charge in [-0.2, -0.15) is 0 Å². The maximum absolute atomic E-state index is 13.6. The van der Waals surface area contributed by atoms with Crippen LogP contribution in [-0.2, 0) is 16.1 Å². The van der Waals surface area contributed by atoms with Crippen LogP contribution in [0.25, 0.3) is 21.3 Å². The summed E-state index contributed by atoms with van der Waals surface area (Å²) in [6, 6.07) is 6.17. The highest BCUT2D eigenvalue weighted by atomic mass is 32.2. The Hall–Kier alpha value is -3.23. The number of hydrogen-bond acceptors (Lipinski definition) is 7. The van der Waals surface area contributed by atoms with E-state index in [0.29, 0.717) is 33.1 Å². The molecule has 0 radical (unpaired) electrons. The lowest BCUT2D eigenvalue weighted by Gasteiger charge is -2.14. The lowest BCUT2D eigenvalue weighted by atomic mass is 10.0. The fraction of sp³-hybridized carbons (Fsp3) is 0.259. The maximum Gasteiger partial charge on any atom is 0.263 e. The van der Waals surface area contributed by atoms with Gasteiger partial charge in [-0.1, -0.05) is 36.0 Å². The number of rotatable bonds is 10. The Morgan fingerprint density at radius 1 is 1.23 bits per heavy atom. The van der Waals surface area contributed by atoms with Gasteiger partial charge in [-0.15, -0.1) is 17.9 Å². The minimum absolute atomic E-state index is 0.0896. The Balaban J connectivity index is 1.99. The minimum Gasteiger partial charge on any atom is -0.356 e. The summed E-state index contributed by atoms with van der Waals surface area (Å²) < 4.78 is 1.57. The van der Waals surface area contributed by atoms with Crippen molar-refractivity contribution < 1.29 is 9.59 Å². The van der Waals surface area contributed by atoms with Crippen LogP contribution in [0.1, 0.15) is 31.9 Å². The Kier molecular flexibility index (Phi) is 8.64. The predicted octanol–water partition coefficient (Wildman–Crippen LogP) is 5.58. The van der Waals surface area contributed by atoms with Gasteiger partial charge in [0.25, 0.3) is 5.56 Å². The van der Waals surface area contributed by atoms with E-state index < -0.39 is 0 Å². The van der Waals surface area contributed by atoms with Gasteiger partial charge >= 0.3 is 0 Å². The van der Waals surface area contributed by atoms with Crippen LogP contribution in [0, 0.1) is 13.8 Å². The zero-order chi connectivity index (χ0) is 25.7. The highest BCUT2D eigenvalue weighted by Crippen LogP contribution is 2.33. The second kappa shape index (κ2) is 11.5. The van der Waals surface area contributed by atoms with Crippen molar-refractivity contribution in [3.63, 3.8) is 0 Å². The third-order valence-corrected chi connectivity index (χ3v) is 7.39. The molecule has 2 aromatic heterocycles. The molecule has 0 spiro atoms. The third-order valence-electron chi connectivity index (χ3n) is 5.54. The fourth-order valence-corrected chi connectivity index (χ4v) is 5.41. The van der Waals surface area contributed by atoms with Gasteiger partial charge in [-0.05, 0) is 63.0 Å². The van der Waals surface area contributed by atoms with E-state index in [9.17, 15) is 14.4 Å². The molecule has 3 aromatic rings. The average Bonchev–Trinajstić information content (AvgIpc) is 3.24. The SMILES string of the molecule is C=CCn1c(SCC(=O)C(N/C(C)=C/C=O)=C(C)C)nc2scc(-c3ccc(C)c(C)c3)c2c1=O. The summed E-state index contributed by atoms with van der Waals surface area (Å²) in [5.74, 6) is -0.0537. The molecular weight excluding hydrogens is 478 g/mol. The smallest absolute Gasteiger partial charge is 0.263 e. The second-order valence-electron chi connectivity index (χ2n) is 8.42. The van der Waals surface area contributed by atoms with Crippen LogP contribution in [0.2, 0.25) is 0 Å². The molecule has 0 saturated heterocycles. The number of Topliss-reactive ketones (excluding diaryl/α,β-unsaturated/α-hetero) is 1. The van der Waals surface area contributed by atoms with Crippen LogP contribution in [0.15, 0.2) is 69.2 Å². The van der Waals surface area contributed by atoms with Crippen molar-refractivity contribution in [1.29, 1.82) is 0 Å². The molecule has 0 bridgehead atoms. The molecule has 0 aliphatic carbocycles. The van der Waals surface area contributed by atoms with E-state index >= 15 is 0 Å². The molecular formula is C27H29N3O3S2. The Morgan fingerprint density at radius 2 is 1.97 bits per heavy atom. The van der Waals surface area contributed by atoms with E-state index in [4.69, 9.17) is 4.98 Å². The number of carbonyl (C=O) groups excluding carboxylic acids is 2. The first-order chi connectivity index (χ1) is 16.7. The maximum atomic E-state index is 13.6. The highest BCUT2D eigenvalue weighted by molar-refractivity contribution is 7.99. The summed E-state index contributed by atoms with van der Waals surface area (Å²) in [6.07, 6.45) is 3.69. The first-order valence-electron chi connectivity index (χ1n) is 11.1. The van der Waals surface area contributed by atoms with Gasteiger partial charge in [0.15, 0.2) is 10.9 Å². The number of allylic oxidation sites excluding steroid dienone is 5. The predicted molar refractivity (Wildman–Crippen MR) is 146 cm³/mol. The number of fused-ring (bicyclic) bond motifs is 1. The summed E-state index contributed by atoms with van der Waals surface area (Å²) in [6.45, 7) is 13.6. The monoisotopic (exact) mass is 507 g/mol. The molecule has 35 heavy (non-hydrogen) atoms. The van der Waals surface area contributed by atoms with Crippen LogP contribution >= 0.6 is 23.1 Å². The number of carbonyl (C=O) groups is 2. The van der Waals surface area contributed by atoms with Crippen molar-refractivity contribution in [2.45, 2.75) is 46.3 Å². The fourth-order valence-electron chi connectivity index (χ4n) is 3.54. The quantitative estimate of drug-likeness (QED) is 0.127. The zero-order valence-electron chi connectivity index (χ0n) is 20.6. The van der Waals surface area contributed by atoms with Crippen LogP contribution in [0.4, 0.5) is 0 Å². The molecule has 0 amide bonds. The standard InChI is InChI=1S/C27H29N3O3S2/c1-7-11-30-26(33)23-21(20-9-8-17(4)18(5)13-20)14-34-25(23)29-27(30)35-15-22(32)24(16(2)3)28-19(6)10-12-31/h7-10,12-14,28H,1,11,15H2,2-6H3/b19-10+. The van der Waals surface area contributed by atoms with Gasteiger partial charge in [0.1, 0.15) is 11.1 Å². The van der Waals surface area contributed by atoms with Crippen LogP contribution in [-0.4, -0.2) is 27.4 Å². The van der Waals surface area contributed by atoms with E-state index in [1.807, 2.05) is 25.3 Å². The van der Waals surface area contributed by atoms with Gasteiger partial charge in [-0.25, -0.2) is 4.98 Å². The minimum atomic E-state index is -0.148. The molecule has 0 fully saturated rings. The van der Waals surface area contributed by atoms with E-state index in [0.717, 1.165) is 22.3 Å². The van der Waals surface area contributed by atoms with Gasteiger partial charge in [0.2, 0.25) is 0 Å². The number of benzene rings is 1. The Morgan fingerprint density at radius 3 is 2.60 bits per heavy atom. The normalized spacial score (nSPS) is 11.4. The zero-order valence-corrected chi connectivity index (χ0v) is 22.2. The number of thiophene rings is 1. The summed E-state index contributed by atoms with van der Waals surface area (Å²) in [7, 11) is 0. The van der Waals surface area contributed by atoms with Crippen molar-refractivity contribution in [2.24, 2.45) is 0 Å². The number of nitrogens with one attached hydrogen (secondary N) is 1. The lowest BCUT2D eigenvalue weighted by Crippen LogP contribution is -2.24. The summed E-state index contributed by atoms with van der Waals surface area (Å²) >= 11 is 2.64. The molecule has 3 rings (SSSR count). The first-order valence-corrected chi connectivity index (χ1v) is 13.0. The molecule has 1 N–H and O–H groups in total. The second-order valence-corrected chi connectivity index (χ2v) is 10.2. The van der Waals surface area contributed by atoms with Crippen LogP contribution < -0.4 is 10.9 Å². The molecule has 0 atom stereocenters. The molecule has 182 valence electrons. The number of thioether (sulfide) groups is 1. The molecule has 6 nitrogen and oxygen atoms in total. The molecule has 0 aliphatic rings. The van der Waals surface area contributed by atoms with Crippen molar-refractivity contribution in [2.75, 3.05) is 5.75 Å². The average molecular weight is 508 g/mol. The first kappa shape index (κ1) is 26.4. The lowest BCUT2D eigenvalue weighted by molar-refractivity contribution is -0.113. The Bertz CT molecular complexity index is 1420. The number of aldehydes is 1. The topological polar surface area (TPSA) is 81.1 Å². The largest absolute Gasteiger partial charge is 0.356 e. The number of aryl methyl sites for hydroxylation is 2. The number of nitrogens with zero attached hydrogens (tertiary/aromatic N) is 2. The highest BCUT2D eigenvalue weighted by Gasteiger charge is 2.19.